The third-order valence-electron chi connectivity index (χ3n) is 2.47. The van der Waals surface area contributed by atoms with Crippen LogP contribution >= 0.6 is 34.3 Å². The zero-order valence-corrected chi connectivity index (χ0v) is 14.1. The molecule has 0 unspecified atom stereocenters. The van der Waals surface area contributed by atoms with Crippen molar-refractivity contribution in [2.24, 2.45) is 0 Å². The normalized spacial score (nSPS) is 13.0. The van der Waals surface area contributed by atoms with Crippen LogP contribution in [0.5, 0.6) is 0 Å². The molecular weight excluding hydrogens is 354 g/mol. The molecule has 2 aromatic rings. The molecule has 1 atom stereocenters. The van der Waals surface area contributed by atoms with Crippen LogP contribution in [0, 0.1) is 0 Å². The van der Waals surface area contributed by atoms with E-state index < -0.39 is 22.0 Å². The van der Waals surface area contributed by atoms with Crippen molar-refractivity contribution in [2.45, 2.75) is 23.7 Å². The second kappa shape index (κ2) is 6.84. The van der Waals surface area contributed by atoms with E-state index in [1.807, 2.05) is 5.38 Å². The Labute approximate surface area is 135 Å². The molecule has 0 spiro atoms. The van der Waals surface area contributed by atoms with Crippen molar-refractivity contribution in [1.82, 2.24) is 15.0 Å². The zero-order chi connectivity index (χ0) is 15.5. The maximum atomic E-state index is 12.0. The highest BCUT2D eigenvalue weighted by Gasteiger charge is 2.23. The maximum Gasteiger partial charge on any atom is 0.250 e. The number of amides is 1. The van der Waals surface area contributed by atoms with Crippen molar-refractivity contribution in [2.75, 3.05) is 0 Å². The van der Waals surface area contributed by atoms with E-state index in [9.17, 15) is 13.2 Å². The van der Waals surface area contributed by atoms with Crippen LogP contribution in [0.15, 0.2) is 27.2 Å². The average molecular weight is 366 g/mol. The van der Waals surface area contributed by atoms with Gasteiger partial charge >= 0.3 is 0 Å². The Bertz CT molecular complexity index is 712. The summed E-state index contributed by atoms with van der Waals surface area (Å²) in [5, 5.41) is 4.43. The summed E-state index contributed by atoms with van der Waals surface area (Å²) in [6.07, 6.45) is 0. The van der Waals surface area contributed by atoms with E-state index in [4.69, 9.17) is 11.6 Å². The number of sulfonamides is 1. The smallest absolute Gasteiger partial charge is 0.250 e. The SMILES string of the molecule is C[C@H](NS(=O)(=O)c1ccc(Cl)s1)C(=O)NCc1cscn1. The molecule has 0 bridgehead atoms. The van der Waals surface area contributed by atoms with Crippen LogP contribution in [-0.2, 0) is 21.4 Å². The van der Waals surface area contributed by atoms with Crippen molar-refractivity contribution in [3.05, 3.63) is 33.1 Å². The first-order valence-corrected chi connectivity index (χ1v) is 9.43. The number of carbonyl (C=O) groups is 1. The summed E-state index contributed by atoms with van der Waals surface area (Å²) in [6, 6.07) is 2.00. The van der Waals surface area contributed by atoms with Gasteiger partial charge in [-0.2, -0.15) is 4.72 Å². The number of aromatic nitrogens is 1. The summed E-state index contributed by atoms with van der Waals surface area (Å²) in [5.74, 6) is -0.422. The van der Waals surface area contributed by atoms with Gasteiger partial charge in [0.05, 0.1) is 28.1 Å². The number of carbonyl (C=O) groups excluding carboxylic acids is 1. The molecule has 0 aromatic carbocycles. The molecular formula is C11H12ClN3O3S3. The number of nitrogens with zero attached hydrogens (tertiary/aromatic N) is 1. The summed E-state index contributed by atoms with van der Waals surface area (Å²) in [5.41, 5.74) is 2.39. The van der Waals surface area contributed by atoms with Gasteiger partial charge in [-0.05, 0) is 19.1 Å². The fourth-order valence-corrected chi connectivity index (χ4v) is 4.70. The van der Waals surface area contributed by atoms with Crippen LogP contribution in [0.1, 0.15) is 12.6 Å². The first-order chi connectivity index (χ1) is 9.88. The molecule has 21 heavy (non-hydrogen) atoms. The zero-order valence-electron chi connectivity index (χ0n) is 10.9. The molecule has 0 aliphatic rings. The Balaban J connectivity index is 1.93. The average Bonchev–Trinajstić information content (AvgIpc) is 3.06. The van der Waals surface area contributed by atoms with Gasteiger partial charge in [0.2, 0.25) is 5.91 Å². The topological polar surface area (TPSA) is 88.2 Å². The molecule has 1 amide bonds. The predicted molar refractivity (Wildman–Crippen MR) is 83.1 cm³/mol. The van der Waals surface area contributed by atoms with Gasteiger partial charge in [-0.1, -0.05) is 11.6 Å². The minimum Gasteiger partial charge on any atom is -0.349 e. The van der Waals surface area contributed by atoms with E-state index in [1.54, 1.807) is 5.51 Å². The molecule has 0 radical (unpaired) electrons. The first-order valence-electron chi connectivity index (χ1n) is 5.81. The maximum absolute atomic E-state index is 12.0. The van der Waals surface area contributed by atoms with Crippen molar-refractivity contribution in [3.8, 4) is 0 Å². The Morgan fingerprint density at radius 2 is 2.24 bits per heavy atom. The summed E-state index contributed by atoms with van der Waals surface area (Å²) in [4.78, 5) is 15.9. The molecule has 0 saturated carbocycles. The van der Waals surface area contributed by atoms with Crippen molar-refractivity contribution in [1.29, 1.82) is 0 Å². The van der Waals surface area contributed by atoms with E-state index >= 15 is 0 Å². The van der Waals surface area contributed by atoms with E-state index in [1.165, 1.54) is 30.4 Å². The number of rotatable bonds is 6. The fourth-order valence-electron chi connectivity index (χ4n) is 1.44. The molecule has 2 aromatic heterocycles. The predicted octanol–water partition coefficient (Wildman–Crippen LogP) is 1.84. The number of hydrogen-bond donors (Lipinski definition) is 2. The van der Waals surface area contributed by atoms with Crippen LogP contribution in [0.4, 0.5) is 0 Å². The number of halogens is 1. The van der Waals surface area contributed by atoms with Gasteiger partial charge in [-0.15, -0.1) is 22.7 Å². The molecule has 0 aliphatic carbocycles. The van der Waals surface area contributed by atoms with Gasteiger partial charge < -0.3 is 5.32 Å². The standard InChI is InChI=1S/C11H12ClN3O3S3/c1-7(11(16)13-4-8-5-19-6-14-8)15-21(17,18)10-3-2-9(12)20-10/h2-3,5-7,15H,4H2,1H3,(H,13,16)/t7-/m0/s1. The largest absolute Gasteiger partial charge is 0.349 e. The van der Waals surface area contributed by atoms with Crippen LogP contribution < -0.4 is 10.0 Å². The minimum absolute atomic E-state index is 0.0756. The minimum atomic E-state index is -3.75. The van der Waals surface area contributed by atoms with Crippen LogP contribution in [0.2, 0.25) is 4.34 Å². The number of thiazole rings is 1. The lowest BCUT2D eigenvalue weighted by Crippen LogP contribution is -2.44. The van der Waals surface area contributed by atoms with Gasteiger partial charge in [0.25, 0.3) is 10.0 Å². The van der Waals surface area contributed by atoms with Gasteiger partial charge in [0, 0.05) is 5.38 Å². The van der Waals surface area contributed by atoms with Crippen LogP contribution in [-0.4, -0.2) is 25.4 Å². The van der Waals surface area contributed by atoms with Gasteiger partial charge in [-0.25, -0.2) is 13.4 Å². The van der Waals surface area contributed by atoms with E-state index in [-0.39, 0.29) is 10.8 Å². The second-order valence-electron chi connectivity index (χ2n) is 4.10. The highest BCUT2D eigenvalue weighted by Crippen LogP contribution is 2.25. The molecule has 0 saturated heterocycles. The summed E-state index contributed by atoms with van der Waals surface area (Å²) >= 11 is 8.07. The van der Waals surface area contributed by atoms with E-state index in [0.717, 1.165) is 17.0 Å². The molecule has 114 valence electrons. The molecule has 0 aliphatic heterocycles. The lowest BCUT2D eigenvalue weighted by Gasteiger charge is -2.13. The molecule has 6 nitrogen and oxygen atoms in total. The fraction of sp³-hybridized carbons (Fsp3) is 0.273. The summed E-state index contributed by atoms with van der Waals surface area (Å²) in [7, 11) is -3.75. The monoisotopic (exact) mass is 365 g/mol. The van der Waals surface area contributed by atoms with Crippen molar-refractivity contribution < 1.29 is 13.2 Å². The van der Waals surface area contributed by atoms with Crippen LogP contribution in [0.3, 0.4) is 0 Å². The van der Waals surface area contributed by atoms with Crippen molar-refractivity contribution in [3.63, 3.8) is 0 Å². The van der Waals surface area contributed by atoms with Gasteiger partial charge in [0.15, 0.2) is 0 Å². The lowest BCUT2D eigenvalue weighted by atomic mass is 10.3. The van der Waals surface area contributed by atoms with Gasteiger partial charge in [0.1, 0.15) is 4.21 Å². The summed E-state index contributed by atoms with van der Waals surface area (Å²) in [6.45, 7) is 1.74. The Morgan fingerprint density at radius 1 is 1.48 bits per heavy atom. The lowest BCUT2D eigenvalue weighted by molar-refractivity contribution is -0.122. The van der Waals surface area contributed by atoms with E-state index in [0.29, 0.717) is 4.34 Å². The highest BCUT2D eigenvalue weighted by atomic mass is 35.5. The molecule has 2 N–H and O–H groups in total. The van der Waals surface area contributed by atoms with Gasteiger partial charge in [-0.3, -0.25) is 4.79 Å². The molecule has 10 heteroatoms. The molecule has 2 rings (SSSR count). The number of hydrogen-bond acceptors (Lipinski definition) is 6. The first kappa shape index (κ1) is 16.4. The number of nitrogens with one attached hydrogen (secondary N) is 2. The Morgan fingerprint density at radius 3 is 2.81 bits per heavy atom. The molecule has 0 fully saturated rings. The van der Waals surface area contributed by atoms with Crippen molar-refractivity contribution >= 4 is 50.2 Å². The number of thiophene rings is 1. The third-order valence-corrected chi connectivity index (χ3v) is 6.36. The Kier molecular flexibility index (Phi) is 5.33. The Hall–Kier alpha value is -1.00. The quantitative estimate of drug-likeness (QED) is 0.817. The molecule has 2 heterocycles. The van der Waals surface area contributed by atoms with Crippen LogP contribution in [0.25, 0.3) is 0 Å². The summed E-state index contributed by atoms with van der Waals surface area (Å²) < 4.78 is 26.8. The second-order valence-corrected chi connectivity index (χ2v) is 8.47. The third kappa shape index (κ3) is 4.48. The highest BCUT2D eigenvalue weighted by molar-refractivity contribution is 7.91. The van der Waals surface area contributed by atoms with E-state index in [2.05, 4.69) is 15.0 Å².